The van der Waals surface area contributed by atoms with Gasteiger partial charge in [0, 0.05) is 42.3 Å². The van der Waals surface area contributed by atoms with Crippen molar-refractivity contribution in [2.45, 2.75) is 38.5 Å². The molecule has 4 rings (SSSR count). The van der Waals surface area contributed by atoms with E-state index >= 15 is 0 Å². The zero-order chi connectivity index (χ0) is 19.1. The summed E-state index contributed by atoms with van der Waals surface area (Å²) in [5.41, 5.74) is 1.02. The van der Waals surface area contributed by atoms with Gasteiger partial charge in [-0.05, 0) is 56.1 Å². The molecule has 6 heteroatoms. The van der Waals surface area contributed by atoms with E-state index in [0.29, 0.717) is 21.9 Å². The number of benzene rings is 1. The van der Waals surface area contributed by atoms with Gasteiger partial charge in [0.25, 0.3) is 0 Å². The molecule has 0 radical (unpaired) electrons. The Morgan fingerprint density at radius 2 is 2.00 bits per heavy atom. The molecular formula is C21H26ClN3O2. The summed E-state index contributed by atoms with van der Waals surface area (Å²) in [7, 11) is 1.58. The van der Waals surface area contributed by atoms with Gasteiger partial charge in [0.1, 0.15) is 5.75 Å². The Hall–Kier alpha value is -1.77. The van der Waals surface area contributed by atoms with Crippen molar-refractivity contribution in [3.05, 3.63) is 23.2 Å². The fourth-order valence-electron chi connectivity index (χ4n) is 4.70. The summed E-state index contributed by atoms with van der Waals surface area (Å²) in [4.78, 5) is 15.1. The van der Waals surface area contributed by atoms with E-state index in [1.165, 1.54) is 0 Å². The van der Waals surface area contributed by atoms with Crippen molar-refractivity contribution in [2.24, 2.45) is 16.7 Å². The molecule has 0 bridgehead atoms. The SMILES string of the molecule is COc1cc(Cl)cc(NC(=O)C2CCC3(CC2)CN(CC2(C#N)CC2)C3)c1. The maximum Gasteiger partial charge on any atom is 0.227 e. The molecule has 1 saturated heterocycles. The van der Waals surface area contributed by atoms with Gasteiger partial charge in [0.05, 0.1) is 18.6 Å². The molecule has 3 aliphatic rings. The number of likely N-dealkylation sites (tertiary alicyclic amines) is 1. The number of carbonyl (C=O) groups excluding carboxylic acids is 1. The molecule has 1 aromatic rings. The first kappa shape index (κ1) is 18.6. The second kappa shape index (κ2) is 7.00. The molecule has 1 N–H and O–H groups in total. The Morgan fingerprint density at radius 3 is 2.59 bits per heavy atom. The Bertz CT molecular complexity index is 768. The number of carbonyl (C=O) groups is 1. The highest BCUT2D eigenvalue weighted by Gasteiger charge is 2.51. The van der Waals surface area contributed by atoms with Gasteiger partial charge < -0.3 is 15.0 Å². The van der Waals surface area contributed by atoms with Crippen LogP contribution in [0, 0.1) is 28.1 Å². The van der Waals surface area contributed by atoms with E-state index in [2.05, 4.69) is 16.3 Å². The number of ether oxygens (including phenoxy) is 1. The van der Waals surface area contributed by atoms with Gasteiger partial charge in [-0.2, -0.15) is 5.26 Å². The highest BCUT2D eigenvalue weighted by atomic mass is 35.5. The van der Waals surface area contributed by atoms with Crippen molar-refractivity contribution in [3.63, 3.8) is 0 Å². The zero-order valence-corrected chi connectivity index (χ0v) is 16.5. The van der Waals surface area contributed by atoms with Crippen molar-refractivity contribution in [2.75, 3.05) is 32.1 Å². The average Bonchev–Trinajstić information content (AvgIpc) is 3.40. The molecule has 144 valence electrons. The van der Waals surface area contributed by atoms with Crippen LogP contribution in [0.3, 0.4) is 0 Å². The summed E-state index contributed by atoms with van der Waals surface area (Å²) < 4.78 is 5.21. The average molecular weight is 388 g/mol. The van der Waals surface area contributed by atoms with Gasteiger partial charge in [-0.3, -0.25) is 4.79 Å². The lowest BCUT2D eigenvalue weighted by molar-refractivity contribution is -0.123. The molecule has 2 saturated carbocycles. The predicted octanol–water partition coefficient (Wildman–Crippen LogP) is 4.08. The third-order valence-corrected chi connectivity index (χ3v) is 6.74. The highest BCUT2D eigenvalue weighted by Crippen LogP contribution is 2.51. The summed E-state index contributed by atoms with van der Waals surface area (Å²) in [5.74, 6) is 0.774. The fourth-order valence-corrected chi connectivity index (χ4v) is 4.93. The van der Waals surface area contributed by atoms with E-state index in [9.17, 15) is 10.1 Å². The Labute approximate surface area is 165 Å². The van der Waals surface area contributed by atoms with Crippen LogP contribution in [0.2, 0.25) is 5.02 Å². The molecular weight excluding hydrogens is 362 g/mol. The first-order valence-corrected chi connectivity index (χ1v) is 10.1. The van der Waals surface area contributed by atoms with Crippen LogP contribution in [-0.4, -0.2) is 37.6 Å². The molecule has 5 nitrogen and oxygen atoms in total. The minimum absolute atomic E-state index is 0.0449. The van der Waals surface area contributed by atoms with Crippen molar-refractivity contribution in [3.8, 4) is 11.8 Å². The lowest BCUT2D eigenvalue weighted by Gasteiger charge is -2.54. The van der Waals surface area contributed by atoms with Gasteiger partial charge in [0.2, 0.25) is 5.91 Å². The van der Waals surface area contributed by atoms with E-state index < -0.39 is 0 Å². The minimum Gasteiger partial charge on any atom is -0.497 e. The third kappa shape index (κ3) is 3.93. The van der Waals surface area contributed by atoms with Gasteiger partial charge in [-0.15, -0.1) is 0 Å². The van der Waals surface area contributed by atoms with Crippen molar-refractivity contribution in [1.29, 1.82) is 5.26 Å². The standard InChI is InChI=1S/C21H26ClN3O2/c1-27-18-9-16(22)8-17(10-18)24-19(26)15-2-4-21(5-3-15)13-25(14-21)12-20(11-23)6-7-20/h8-10,15H,2-7,12-14H2,1H3,(H,24,26). The maximum absolute atomic E-state index is 12.7. The van der Waals surface area contributed by atoms with Crippen LogP contribution < -0.4 is 10.1 Å². The van der Waals surface area contributed by atoms with Crippen molar-refractivity contribution >= 4 is 23.2 Å². The number of amides is 1. The number of halogens is 1. The lowest BCUT2D eigenvalue weighted by Crippen LogP contribution is -2.59. The van der Waals surface area contributed by atoms with Crippen LogP contribution in [0.15, 0.2) is 18.2 Å². The summed E-state index contributed by atoms with van der Waals surface area (Å²) in [6, 6.07) is 7.75. The molecule has 2 aliphatic carbocycles. The van der Waals surface area contributed by atoms with Gasteiger partial charge in [-0.1, -0.05) is 11.6 Å². The second-order valence-corrected chi connectivity index (χ2v) is 9.12. The summed E-state index contributed by atoms with van der Waals surface area (Å²) in [5, 5.41) is 12.8. The molecule has 3 fully saturated rings. The van der Waals surface area contributed by atoms with E-state index in [1.807, 2.05) is 0 Å². The van der Waals surface area contributed by atoms with Crippen LogP contribution in [0.5, 0.6) is 5.75 Å². The minimum atomic E-state index is -0.0449. The van der Waals surface area contributed by atoms with Crippen LogP contribution in [0.4, 0.5) is 5.69 Å². The Kier molecular flexibility index (Phi) is 4.82. The number of rotatable bonds is 5. The molecule has 1 amide bonds. The molecule has 1 heterocycles. The number of methoxy groups -OCH3 is 1. The van der Waals surface area contributed by atoms with Gasteiger partial charge >= 0.3 is 0 Å². The normalized spacial score (nSPS) is 23.3. The molecule has 0 unspecified atom stereocenters. The van der Waals surface area contributed by atoms with E-state index in [0.717, 1.165) is 58.2 Å². The highest BCUT2D eigenvalue weighted by molar-refractivity contribution is 6.31. The van der Waals surface area contributed by atoms with Gasteiger partial charge in [-0.25, -0.2) is 0 Å². The lowest BCUT2D eigenvalue weighted by atomic mass is 9.65. The number of hydrogen-bond acceptors (Lipinski definition) is 4. The number of nitrogens with one attached hydrogen (secondary N) is 1. The summed E-state index contributed by atoms with van der Waals surface area (Å²) in [6.07, 6.45) is 6.18. The number of nitrogens with zero attached hydrogens (tertiary/aromatic N) is 2. The van der Waals surface area contributed by atoms with Crippen molar-refractivity contribution in [1.82, 2.24) is 4.90 Å². The van der Waals surface area contributed by atoms with Crippen molar-refractivity contribution < 1.29 is 9.53 Å². The van der Waals surface area contributed by atoms with Crippen LogP contribution in [0.1, 0.15) is 38.5 Å². The fraction of sp³-hybridized carbons (Fsp3) is 0.619. The van der Waals surface area contributed by atoms with Crippen LogP contribution in [-0.2, 0) is 4.79 Å². The van der Waals surface area contributed by atoms with Gasteiger partial charge in [0.15, 0.2) is 0 Å². The maximum atomic E-state index is 12.7. The zero-order valence-electron chi connectivity index (χ0n) is 15.8. The van der Waals surface area contributed by atoms with Crippen LogP contribution in [0.25, 0.3) is 0 Å². The van der Waals surface area contributed by atoms with Crippen LogP contribution >= 0.6 is 11.6 Å². The van der Waals surface area contributed by atoms with E-state index in [-0.39, 0.29) is 17.2 Å². The first-order valence-electron chi connectivity index (χ1n) is 9.74. The summed E-state index contributed by atoms with van der Waals surface area (Å²) in [6.45, 7) is 3.12. The summed E-state index contributed by atoms with van der Waals surface area (Å²) >= 11 is 6.08. The molecule has 1 aliphatic heterocycles. The molecule has 1 aromatic carbocycles. The Balaban J connectivity index is 1.27. The second-order valence-electron chi connectivity index (χ2n) is 8.68. The molecule has 1 spiro atoms. The number of anilines is 1. The van der Waals surface area contributed by atoms with E-state index in [1.54, 1.807) is 25.3 Å². The molecule has 0 atom stereocenters. The molecule has 27 heavy (non-hydrogen) atoms. The first-order chi connectivity index (χ1) is 12.9. The smallest absolute Gasteiger partial charge is 0.227 e. The number of hydrogen-bond donors (Lipinski definition) is 1. The monoisotopic (exact) mass is 387 g/mol. The Morgan fingerprint density at radius 1 is 1.30 bits per heavy atom. The third-order valence-electron chi connectivity index (χ3n) is 6.53. The largest absolute Gasteiger partial charge is 0.497 e. The topological polar surface area (TPSA) is 65.4 Å². The molecule has 0 aromatic heterocycles. The predicted molar refractivity (Wildman–Crippen MR) is 105 cm³/mol. The quantitative estimate of drug-likeness (QED) is 0.826. The van der Waals surface area contributed by atoms with E-state index in [4.69, 9.17) is 16.3 Å². The number of nitriles is 1.